The van der Waals surface area contributed by atoms with Crippen molar-refractivity contribution < 1.29 is 27.8 Å². The Morgan fingerprint density at radius 3 is 2.12 bits per heavy atom. The molecule has 134 valence electrons. The van der Waals surface area contributed by atoms with Gasteiger partial charge in [-0.25, -0.2) is 18.4 Å². The van der Waals surface area contributed by atoms with E-state index >= 15 is 0 Å². The Kier molecular flexibility index (Phi) is 6.75. The summed E-state index contributed by atoms with van der Waals surface area (Å²) in [6, 6.07) is 1.19. The summed E-state index contributed by atoms with van der Waals surface area (Å²) in [7, 11) is 1.14. The molecule has 0 aliphatic heterocycles. The number of benzene rings is 1. The topological polar surface area (TPSA) is 88.7 Å². The van der Waals surface area contributed by atoms with E-state index in [4.69, 9.17) is 4.74 Å². The van der Waals surface area contributed by atoms with Crippen LogP contribution in [0.1, 0.15) is 20.8 Å². The second kappa shape index (κ2) is 8.32. The van der Waals surface area contributed by atoms with Crippen molar-refractivity contribution in [2.75, 3.05) is 25.5 Å². The van der Waals surface area contributed by atoms with Crippen molar-refractivity contribution in [1.29, 1.82) is 0 Å². The standard InChI is InChI=1S/C15H21F2N3O4/c1-15(2,3)24-14(22)19-6-5-18-13(21)20-9-7-10(16)12(23-4)11(17)8-9/h7-8H,5-6H2,1-4H3,(H,19,22)(H2,18,20,21). The highest BCUT2D eigenvalue weighted by molar-refractivity contribution is 5.89. The number of ether oxygens (including phenoxy) is 2. The normalized spacial score (nSPS) is 10.8. The molecule has 0 bridgehead atoms. The SMILES string of the molecule is COc1c(F)cc(NC(=O)NCCNC(=O)OC(C)(C)C)cc1F. The number of urea groups is 1. The molecule has 0 aliphatic carbocycles. The fourth-order valence-corrected chi connectivity index (χ4v) is 1.66. The Labute approximate surface area is 138 Å². The lowest BCUT2D eigenvalue weighted by atomic mass is 10.2. The van der Waals surface area contributed by atoms with Crippen molar-refractivity contribution in [2.24, 2.45) is 0 Å². The van der Waals surface area contributed by atoms with Gasteiger partial charge in [0.1, 0.15) is 5.60 Å². The van der Waals surface area contributed by atoms with Crippen LogP contribution in [0.25, 0.3) is 0 Å². The van der Waals surface area contributed by atoms with Gasteiger partial charge in [0, 0.05) is 30.9 Å². The molecule has 7 nitrogen and oxygen atoms in total. The molecule has 3 N–H and O–H groups in total. The third kappa shape index (κ3) is 6.67. The molecular weight excluding hydrogens is 324 g/mol. The number of halogens is 2. The Hall–Kier alpha value is -2.58. The van der Waals surface area contributed by atoms with Crippen LogP contribution in [0.2, 0.25) is 0 Å². The van der Waals surface area contributed by atoms with Gasteiger partial charge in [0.2, 0.25) is 0 Å². The van der Waals surface area contributed by atoms with E-state index in [0.29, 0.717) is 0 Å². The minimum absolute atomic E-state index is 0.0663. The Morgan fingerprint density at radius 1 is 1.08 bits per heavy atom. The zero-order chi connectivity index (χ0) is 18.3. The highest BCUT2D eigenvalue weighted by Gasteiger charge is 2.16. The molecule has 0 atom stereocenters. The average Bonchev–Trinajstić information content (AvgIpc) is 2.41. The second-order valence-electron chi connectivity index (χ2n) is 5.78. The van der Waals surface area contributed by atoms with Gasteiger partial charge in [-0.3, -0.25) is 0 Å². The smallest absolute Gasteiger partial charge is 0.407 e. The molecule has 0 unspecified atom stereocenters. The molecule has 1 rings (SSSR count). The van der Waals surface area contributed by atoms with Crippen molar-refractivity contribution in [1.82, 2.24) is 10.6 Å². The fraction of sp³-hybridized carbons (Fsp3) is 0.467. The average molecular weight is 345 g/mol. The lowest BCUT2D eigenvalue weighted by molar-refractivity contribution is 0.0528. The summed E-state index contributed by atoms with van der Waals surface area (Å²) in [5, 5.41) is 7.14. The van der Waals surface area contributed by atoms with Gasteiger partial charge in [-0.1, -0.05) is 0 Å². The van der Waals surface area contributed by atoms with Gasteiger partial charge in [0.15, 0.2) is 17.4 Å². The van der Waals surface area contributed by atoms with Gasteiger partial charge < -0.3 is 25.4 Å². The third-order valence-electron chi connectivity index (χ3n) is 2.54. The summed E-state index contributed by atoms with van der Waals surface area (Å²) in [6.45, 7) is 5.42. The Bertz CT molecular complexity index is 580. The van der Waals surface area contributed by atoms with Gasteiger partial charge >= 0.3 is 12.1 Å². The number of alkyl carbamates (subject to hydrolysis) is 1. The molecule has 0 radical (unpaired) electrons. The quantitative estimate of drug-likeness (QED) is 0.716. The van der Waals surface area contributed by atoms with E-state index in [1.165, 1.54) is 0 Å². The lowest BCUT2D eigenvalue weighted by Gasteiger charge is -2.19. The Balaban J connectivity index is 2.38. The molecule has 1 aromatic rings. The predicted octanol–water partition coefficient (Wildman–Crippen LogP) is 2.62. The summed E-state index contributed by atoms with van der Waals surface area (Å²) >= 11 is 0. The zero-order valence-corrected chi connectivity index (χ0v) is 14.0. The largest absolute Gasteiger partial charge is 0.491 e. The summed E-state index contributed by atoms with van der Waals surface area (Å²) in [5.41, 5.74) is -0.680. The fourth-order valence-electron chi connectivity index (χ4n) is 1.66. The second-order valence-corrected chi connectivity index (χ2v) is 5.78. The molecule has 9 heteroatoms. The van der Waals surface area contributed by atoms with Crippen LogP contribution >= 0.6 is 0 Å². The lowest BCUT2D eigenvalue weighted by Crippen LogP contribution is -2.39. The number of carbonyl (C=O) groups excluding carboxylic acids is 2. The summed E-state index contributed by atoms with van der Waals surface area (Å²) < 4.78 is 36.5. The number of nitrogens with one attached hydrogen (secondary N) is 3. The van der Waals surface area contributed by atoms with Crippen LogP contribution in [0.15, 0.2) is 12.1 Å². The molecule has 24 heavy (non-hydrogen) atoms. The van der Waals surface area contributed by atoms with E-state index in [0.717, 1.165) is 19.2 Å². The monoisotopic (exact) mass is 345 g/mol. The number of amides is 3. The number of hydrogen-bond donors (Lipinski definition) is 3. The Morgan fingerprint density at radius 2 is 1.62 bits per heavy atom. The summed E-state index contributed by atoms with van der Waals surface area (Å²) in [6.07, 6.45) is -0.607. The highest BCUT2D eigenvalue weighted by atomic mass is 19.1. The van der Waals surface area contributed by atoms with Crippen LogP contribution in [0.5, 0.6) is 5.75 Å². The van der Waals surface area contributed by atoms with E-state index < -0.39 is 35.1 Å². The van der Waals surface area contributed by atoms with E-state index in [9.17, 15) is 18.4 Å². The molecule has 0 saturated carbocycles. The first kappa shape index (κ1) is 19.5. The van der Waals surface area contributed by atoms with Crippen molar-refractivity contribution in [2.45, 2.75) is 26.4 Å². The molecule has 3 amide bonds. The first-order chi connectivity index (χ1) is 11.1. The van der Waals surface area contributed by atoms with E-state index in [1.807, 2.05) is 0 Å². The van der Waals surface area contributed by atoms with Crippen LogP contribution in [0, 0.1) is 11.6 Å². The zero-order valence-electron chi connectivity index (χ0n) is 14.0. The predicted molar refractivity (Wildman–Crippen MR) is 84.2 cm³/mol. The van der Waals surface area contributed by atoms with Crippen LogP contribution in [0.3, 0.4) is 0 Å². The summed E-state index contributed by atoms with van der Waals surface area (Å²) in [5.74, 6) is -2.39. The van der Waals surface area contributed by atoms with Crippen LogP contribution in [-0.2, 0) is 4.74 Å². The van der Waals surface area contributed by atoms with Gasteiger partial charge in [0.25, 0.3) is 0 Å². The van der Waals surface area contributed by atoms with Crippen molar-refractivity contribution >= 4 is 17.8 Å². The number of anilines is 1. The van der Waals surface area contributed by atoms with Crippen molar-refractivity contribution in [3.8, 4) is 5.75 Å². The van der Waals surface area contributed by atoms with Crippen LogP contribution in [0.4, 0.5) is 24.1 Å². The molecule has 0 saturated heterocycles. The number of rotatable bonds is 5. The number of hydrogen-bond acceptors (Lipinski definition) is 4. The third-order valence-corrected chi connectivity index (χ3v) is 2.54. The molecule has 0 heterocycles. The van der Waals surface area contributed by atoms with Crippen molar-refractivity contribution in [3.63, 3.8) is 0 Å². The molecule has 1 aromatic carbocycles. The van der Waals surface area contributed by atoms with E-state index in [-0.39, 0.29) is 18.8 Å². The number of methoxy groups -OCH3 is 1. The van der Waals surface area contributed by atoms with E-state index in [1.54, 1.807) is 20.8 Å². The van der Waals surface area contributed by atoms with Gasteiger partial charge in [-0.05, 0) is 20.8 Å². The maximum absolute atomic E-state index is 13.5. The van der Waals surface area contributed by atoms with E-state index in [2.05, 4.69) is 20.7 Å². The molecule has 0 aromatic heterocycles. The minimum atomic E-state index is -0.931. The molecule has 0 spiro atoms. The van der Waals surface area contributed by atoms with Crippen LogP contribution in [-0.4, -0.2) is 37.9 Å². The van der Waals surface area contributed by atoms with Crippen molar-refractivity contribution in [3.05, 3.63) is 23.8 Å². The summed E-state index contributed by atoms with van der Waals surface area (Å²) in [4.78, 5) is 23.0. The molecule has 0 aliphatic rings. The number of carbonyl (C=O) groups is 2. The minimum Gasteiger partial charge on any atom is -0.491 e. The molecule has 0 fully saturated rings. The molecular formula is C15H21F2N3O4. The first-order valence-electron chi connectivity index (χ1n) is 7.17. The highest BCUT2D eigenvalue weighted by Crippen LogP contribution is 2.25. The maximum atomic E-state index is 13.5. The van der Waals surface area contributed by atoms with Gasteiger partial charge in [-0.15, -0.1) is 0 Å². The maximum Gasteiger partial charge on any atom is 0.407 e. The first-order valence-corrected chi connectivity index (χ1v) is 7.17. The van der Waals surface area contributed by atoms with Crippen LogP contribution < -0.4 is 20.7 Å². The van der Waals surface area contributed by atoms with Gasteiger partial charge in [0.05, 0.1) is 7.11 Å². The van der Waals surface area contributed by atoms with Gasteiger partial charge in [-0.2, -0.15) is 0 Å².